The van der Waals surface area contributed by atoms with Crippen molar-refractivity contribution in [2.24, 2.45) is 0 Å². The number of carboxylic acids is 1. The average Bonchev–Trinajstić information content (AvgIpc) is 2.54. The number of aliphatic hydroxyl groups is 1. The molecule has 4 heteroatoms. The van der Waals surface area contributed by atoms with Crippen molar-refractivity contribution in [1.29, 1.82) is 0 Å². The van der Waals surface area contributed by atoms with E-state index in [-0.39, 0.29) is 5.56 Å². The number of ether oxygens (including phenoxy) is 1. The van der Waals surface area contributed by atoms with Gasteiger partial charge in [-0.2, -0.15) is 0 Å². The Bertz CT molecular complexity index is 721. The molecule has 4 nitrogen and oxygen atoms in total. The van der Waals surface area contributed by atoms with Gasteiger partial charge >= 0.3 is 5.97 Å². The zero-order valence-electron chi connectivity index (χ0n) is 12.4. The lowest BCUT2D eigenvalue weighted by Crippen LogP contribution is -2.13. The Morgan fingerprint density at radius 2 is 1.95 bits per heavy atom. The van der Waals surface area contributed by atoms with Gasteiger partial charge in [0.2, 0.25) is 0 Å². The molecule has 0 amide bonds. The monoisotopic (exact) mass is 298 g/mol. The van der Waals surface area contributed by atoms with Gasteiger partial charge in [0, 0.05) is 5.56 Å². The Hall–Kier alpha value is -2.33. The largest absolute Gasteiger partial charge is 0.496 e. The summed E-state index contributed by atoms with van der Waals surface area (Å²) < 4.78 is 5.40. The minimum atomic E-state index is -0.967. The van der Waals surface area contributed by atoms with E-state index in [0.717, 1.165) is 35.3 Å². The number of rotatable bonds is 3. The number of carbonyl (C=O) groups is 1. The molecule has 0 aromatic heterocycles. The summed E-state index contributed by atoms with van der Waals surface area (Å²) in [5.74, 6) is -0.212. The number of aromatic carboxylic acids is 1. The third-order valence-corrected chi connectivity index (χ3v) is 4.22. The molecule has 0 aliphatic heterocycles. The normalized spacial score (nSPS) is 16.9. The molecule has 2 aromatic carbocycles. The fourth-order valence-electron chi connectivity index (χ4n) is 3.23. The van der Waals surface area contributed by atoms with Crippen LogP contribution in [0.4, 0.5) is 0 Å². The fourth-order valence-corrected chi connectivity index (χ4v) is 3.23. The summed E-state index contributed by atoms with van der Waals surface area (Å²) >= 11 is 0. The zero-order valence-corrected chi connectivity index (χ0v) is 12.4. The van der Waals surface area contributed by atoms with Gasteiger partial charge in [0.05, 0.1) is 18.8 Å². The third-order valence-electron chi connectivity index (χ3n) is 4.22. The van der Waals surface area contributed by atoms with E-state index in [2.05, 4.69) is 0 Å². The highest BCUT2D eigenvalue weighted by atomic mass is 16.5. The van der Waals surface area contributed by atoms with Crippen LogP contribution in [0.15, 0.2) is 36.4 Å². The lowest BCUT2D eigenvalue weighted by atomic mass is 9.82. The van der Waals surface area contributed by atoms with Crippen molar-refractivity contribution in [2.75, 3.05) is 7.11 Å². The predicted molar refractivity (Wildman–Crippen MR) is 83.3 cm³/mol. The van der Waals surface area contributed by atoms with Crippen molar-refractivity contribution < 1.29 is 19.7 Å². The van der Waals surface area contributed by atoms with E-state index in [4.69, 9.17) is 4.74 Å². The summed E-state index contributed by atoms with van der Waals surface area (Å²) in [6, 6.07) is 10.6. The lowest BCUT2D eigenvalue weighted by Gasteiger charge is -2.26. The molecule has 2 N–H and O–H groups in total. The number of hydrogen-bond donors (Lipinski definition) is 2. The van der Waals surface area contributed by atoms with E-state index in [1.54, 1.807) is 25.3 Å². The molecule has 0 radical (unpaired) electrons. The van der Waals surface area contributed by atoms with E-state index in [9.17, 15) is 15.0 Å². The molecular weight excluding hydrogens is 280 g/mol. The molecule has 0 spiro atoms. The van der Waals surface area contributed by atoms with E-state index in [0.29, 0.717) is 12.0 Å². The van der Waals surface area contributed by atoms with Gasteiger partial charge in [-0.25, -0.2) is 4.79 Å². The maximum atomic E-state index is 11.5. The lowest BCUT2D eigenvalue weighted by molar-refractivity contribution is 0.0697. The average molecular weight is 298 g/mol. The molecule has 22 heavy (non-hydrogen) atoms. The number of fused-ring (bicyclic) bond motifs is 1. The second-order valence-electron chi connectivity index (χ2n) is 5.47. The quantitative estimate of drug-likeness (QED) is 0.911. The first-order chi connectivity index (χ1) is 10.6. The molecule has 1 unspecified atom stereocenters. The Balaban J connectivity index is 2.27. The zero-order chi connectivity index (χ0) is 15.7. The van der Waals surface area contributed by atoms with Gasteiger partial charge < -0.3 is 14.9 Å². The van der Waals surface area contributed by atoms with Crippen LogP contribution in [-0.4, -0.2) is 23.3 Å². The van der Waals surface area contributed by atoms with Crippen molar-refractivity contribution in [3.8, 4) is 16.9 Å². The molecule has 114 valence electrons. The van der Waals surface area contributed by atoms with Crippen LogP contribution in [-0.2, 0) is 6.42 Å². The summed E-state index contributed by atoms with van der Waals surface area (Å²) in [6.07, 6.45) is 1.82. The first-order valence-electron chi connectivity index (χ1n) is 7.34. The van der Waals surface area contributed by atoms with Gasteiger partial charge in [-0.05, 0) is 48.1 Å². The third kappa shape index (κ3) is 2.35. The molecule has 0 saturated carbocycles. The van der Waals surface area contributed by atoms with Gasteiger partial charge in [0.15, 0.2) is 0 Å². The fraction of sp³-hybridized carbons (Fsp3) is 0.278. The van der Waals surface area contributed by atoms with Crippen molar-refractivity contribution >= 4 is 5.97 Å². The number of methoxy groups -OCH3 is 1. The summed E-state index contributed by atoms with van der Waals surface area (Å²) in [5.41, 5.74) is 3.45. The highest BCUT2D eigenvalue weighted by Gasteiger charge is 2.26. The molecule has 0 heterocycles. The van der Waals surface area contributed by atoms with Crippen molar-refractivity contribution in [3.05, 3.63) is 53.1 Å². The van der Waals surface area contributed by atoms with Crippen molar-refractivity contribution in [3.63, 3.8) is 0 Å². The number of hydrogen-bond acceptors (Lipinski definition) is 3. The van der Waals surface area contributed by atoms with Crippen LogP contribution in [0.3, 0.4) is 0 Å². The molecule has 0 fully saturated rings. The first-order valence-corrected chi connectivity index (χ1v) is 7.34. The smallest absolute Gasteiger partial charge is 0.336 e. The molecule has 1 atom stereocenters. The second kappa shape index (κ2) is 5.81. The summed E-state index contributed by atoms with van der Waals surface area (Å²) in [6.45, 7) is 0. The molecule has 1 aliphatic carbocycles. The summed E-state index contributed by atoms with van der Waals surface area (Å²) in [4.78, 5) is 11.5. The molecular formula is C18H18O4. The Labute approximate surface area is 129 Å². The van der Waals surface area contributed by atoms with Crippen LogP contribution in [0.2, 0.25) is 0 Å². The molecule has 2 aromatic rings. The minimum Gasteiger partial charge on any atom is -0.496 e. The number of aliphatic hydroxyl groups excluding tert-OH is 1. The van der Waals surface area contributed by atoms with Crippen LogP contribution in [0.5, 0.6) is 5.75 Å². The van der Waals surface area contributed by atoms with Gasteiger partial charge in [0.25, 0.3) is 0 Å². The highest BCUT2D eigenvalue weighted by Crippen LogP contribution is 2.42. The van der Waals surface area contributed by atoms with E-state index in [1.165, 1.54) is 0 Å². The SMILES string of the molecule is COc1ccc(-c2ccccc2C(=O)O)c2c1CCCC2O. The Morgan fingerprint density at radius 1 is 1.18 bits per heavy atom. The number of benzene rings is 2. The van der Waals surface area contributed by atoms with Crippen LogP contribution in [0.1, 0.15) is 40.4 Å². The van der Waals surface area contributed by atoms with Gasteiger partial charge in [0.1, 0.15) is 5.75 Å². The maximum Gasteiger partial charge on any atom is 0.336 e. The topological polar surface area (TPSA) is 66.8 Å². The van der Waals surface area contributed by atoms with Crippen LogP contribution >= 0.6 is 0 Å². The molecule has 0 bridgehead atoms. The van der Waals surface area contributed by atoms with Crippen LogP contribution in [0.25, 0.3) is 11.1 Å². The minimum absolute atomic E-state index is 0.243. The number of carboxylic acid groups (broad SMARTS) is 1. The molecule has 3 rings (SSSR count). The summed E-state index contributed by atoms with van der Waals surface area (Å²) in [5, 5.41) is 19.9. The standard InChI is InChI=1S/C18H18O4/c1-22-16-10-9-12(17-14(16)7-4-8-15(17)19)11-5-2-3-6-13(11)18(20)21/h2-3,5-6,9-10,15,19H,4,7-8H2,1H3,(H,20,21). The molecule has 0 saturated heterocycles. The maximum absolute atomic E-state index is 11.5. The van der Waals surface area contributed by atoms with E-state index < -0.39 is 12.1 Å². The second-order valence-corrected chi connectivity index (χ2v) is 5.47. The van der Waals surface area contributed by atoms with Crippen LogP contribution in [0, 0.1) is 0 Å². The Morgan fingerprint density at radius 3 is 2.68 bits per heavy atom. The van der Waals surface area contributed by atoms with Gasteiger partial charge in [-0.15, -0.1) is 0 Å². The van der Waals surface area contributed by atoms with Crippen molar-refractivity contribution in [1.82, 2.24) is 0 Å². The predicted octanol–water partition coefficient (Wildman–Crippen LogP) is 3.43. The van der Waals surface area contributed by atoms with Gasteiger partial charge in [-0.1, -0.05) is 24.3 Å². The Kier molecular flexibility index (Phi) is 3.86. The molecule has 1 aliphatic rings. The first kappa shape index (κ1) is 14.6. The summed E-state index contributed by atoms with van der Waals surface area (Å²) in [7, 11) is 1.61. The van der Waals surface area contributed by atoms with Gasteiger partial charge in [-0.3, -0.25) is 0 Å². The van der Waals surface area contributed by atoms with Crippen molar-refractivity contribution in [2.45, 2.75) is 25.4 Å². The van der Waals surface area contributed by atoms with E-state index in [1.807, 2.05) is 18.2 Å². The van der Waals surface area contributed by atoms with E-state index >= 15 is 0 Å². The van der Waals surface area contributed by atoms with Crippen LogP contribution < -0.4 is 4.74 Å². The highest BCUT2D eigenvalue weighted by molar-refractivity contribution is 5.96.